The van der Waals surface area contributed by atoms with Gasteiger partial charge in [-0.1, -0.05) is 52.2 Å². The zero-order valence-corrected chi connectivity index (χ0v) is 19.3. The van der Waals surface area contributed by atoms with Crippen molar-refractivity contribution in [2.24, 2.45) is 46.3 Å². The van der Waals surface area contributed by atoms with E-state index in [2.05, 4.69) is 33.8 Å². The minimum absolute atomic E-state index is 0.0987. The molecule has 0 heterocycles. The monoisotopic (exact) mass is 400 g/mol. The molecule has 0 aromatic rings. The fraction of sp³-hybridized carbons (Fsp3) is 0.889. The Morgan fingerprint density at radius 3 is 2.66 bits per heavy atom. The van der Waals surface area contributed by atoms with Gasteiger partial charge in [0.15, 0.2) is 0 Å². The summed E-state index contributed by atoms with van der Waals surface area (Å²) in [6.07, 6.45) is 17.2. The lowest BCUT2D eigenvalue weighted by Crippen LogP contribution is -2.50. The van der Waals surface area contributed by atoms with Crippen LogP contribution in [-0.4, -0.2) is 17.5 Å². The molecule has 3 fully saturated rings. The summed E-state index contributed by atoms with van der Waals surface area (Å²) >= 11 is 0. The minimum Gasteiger partial charge on any atom is -0.393 e. The molecule has 0 amide bonds. The van der Waals surface area contributed by atoms with Crippen LogP contribution in [0.3, 0.4) is 0 Å². The fourth-order valence-electron chi connectivity index (χ4n) is 8.65. The van der Waals surface area contributed by atoms with E-state index in [0.717, 1.165) is 55.1 Å². The van der Waals surface area contributed by atoms with Gasteiger partial charge in [-0.25, -0.2) is 0 Å². The van der Waals surface area contributed by atoms with Gasteiger partial charge >= 0.3 is 0 Å². The van der Waals surface area contributed by atoms with Crippen LogP contribution < -0.4 is 0 Å². The first kappa shape index (κ1) is 21.6. The van der Waals surface area contributed by atoms with E-state index < -0.39 is 0 Å². The van der Waals surface area contributed by atoms with Crippen molar-refractivity contribution < 1.29 is 9.90 Å². The Labute approximate surface area is 178 Å². The number of aldehydes is 1. The predicted molar refractivity (Wildman–Crippen MR) is 119 cm³/mol. The summed E-state index contributed by atoms with van der Waals surface area (Å²) in [5.74, 6) is 4.48. The molecule has 0 unspecified atom stereocenters. The van der Waals surface area contributed by atoms with E-state index >= 15 is 0 Å². The Hall–Kier alpha value is -0.630. The van der Waals surface area contributed by atoms with Crippen molar-refractivity contribution in [1.29, 1.82) is 0 Å². The third-order valence-corrected chi connectivity index (χ3v) is 10.4. The van der Waals surface area contributed by atoms with Crippen LogP contribution in [-0.2, 0) is 4.79 Å². The van der Waals surface area contributed by atoms with E-state index in [1.54, 1.807) is 5.57 Å². The lowest BCUT2D eigenvalue weighted by atomic mass is 9.47. The summed E-state index contributed by atoms with van der Waals surface area (Å²) < 4.78 is 0. The summed E-state index contributed by atoms with van der Waals surface area (Å²) in [6, 6.07) is 0. The summed E-state index contributed by atoms with van der Waals surface area (Å²) in [7, 11) is 0. The molecule has 4 aliphatic rings. The summed E-state index contributed by atoms with van der Waals surface area (Å²) in [4.78, 5) is 10.9. The quantitative estimate of drug-likeness (QED) is 0.404. The van der Waals surface area contributed by atoms with Crippen LogP contribution in [0.5, 0.6) is 0 Å². The van der Waals surface area contributed by atoms with Crippen LogP contribution in [0, 0.1) is 46.3 Å². The maximum absolute atomic E-state index is 10.9. The van der Waals surface area contributed by atoms with Crippen molar-refractivity contribution in [2.45, 2.75) is 104 Å². The highest BCUT2D eigenvalue weighted by molar-refractivity contribution is 5.52. The Balaban J connectivity index is 1.46. The van der Waals surface area contributed by atoms with Crippen LogP contribution in [0.2, 0.25) is 0 Å². The Morgan fingerprint density at radius 1 is 1.10 bits per heavy atom. The molecule has 0 aromatic heterocycles. The second-order valence-corrected chi connectivity index (χ2v) is 11.9. The minimum atomic E-state index is -0.0987. The van der Waals surface area contributed by atoms with Gasteiger partial charge in [0, 0.05) is 5.92 Å². The molecular weight excluding hydrogens is 356 g/mol. The second-order valence-electron chi connectivity index (χ2n) is 11.9. The average molecular weight is 401 g/mol. The smallest absolute Gasteiger partial charge is 0.122 e. The van der Waals surface area contributed by atoms with Crippen LogP contribution in [0.25, 0.3) is 0 Å². The van der Waals surface area contributed by atoms with E-state index in [1.807, 2.05) is 0 Å². The highest BCUT2D eigenvalue weighted by Crippen LogP contribution is 2.67. The topological polar surface area (TPSA) is 37.3 Å². The molecule has 0 bridgehead atoms. The number of aliphatic hydroxyl groups excluding tert-OH is 1. The average Bonchev–Trinajstić information content (AvgIpc) is 3.05. The van der Waals surface area contributed by atoms with E-state index in [1.165, 1.54) is 51.4 Å². The first-order chi connectivity index (χ1) is 13.8. The zero-order valence-electron chi connectivity index (χ0n) is 19.3. The molecule has 0 spiro atoms. The van der Waals surface area contributed by atoms with Gasteiger partial charge in [0.2, 0.25) is 0 Å². The highest BCUT2D eigenvalue weighted by atomic mass is 16.3. The summed E-state index contributed by atoms with van der Waals surface area (Å²) in [6.45, 7) is 9.73. The van der Waals surface area contributed by atoms with Crippen molar-refractivity contribution >= 4 is 6.29 Å². The van der Waals surface area contributed by atoms with Crippen molar-refractivity contribution in [2.75, 3.05) is 0 Å². The van der Waals surface area contributed by atoms with Gasteiger partial charge in [-0.3, -0.25) is 0 Å². The Bertz CT molecular complexity index is 638. The van der Waals surface area contributed by atoms with Gasteiger partial charge in [0.25, 0.3) is 0 Å². The zero-order chi connectivity index (χ0) is 20.8. The molecule has 164 valence electrons. The van der Waals surface area contributed by atoms with Crippen molar-refractivity contribution in [1.82, 2.24) is 0 Å². The maximum Gasteiger partial charge on any atom is 0.122 e. The van der Waals surface area contributed by atoms with Crippen molar-refractivity contribution in [3.8, 4) is 0 Å². The lowest BCUT2D eigenvalue weighted by molar-refractivity contribution is -0.110. The molecule has 2 nitrogen and oxygen atoms in total. The van der Waals surface area contributed by atoms with E-state index in [0.29, 0.717) is 10.8 Å². The molecule has 4 aliphatic carbocycles. The molecule has 0 saturated heterocycles. The molecule has 9 atom stereocenters. The molecule has 1 N–H and O–H groups in total. The third kappa shape index (κ3) is 3.66. The molecule has 2 heteroatoms. The molecule has 29 heavy (non-hydrogen) atoms. The van der Waals surface area contributed by atoms with Gasteiger partial charge in [0.1, 0.15) is 6.29 Å². The number of aliphatic hydroxyl groups is 1. The maximum atomic E-state index is 10.9. The van der Waals surface area contributed by atoms with E-state index in [4.69, 9.17) is 0 Å². The molecule has 3 saturated carbocycles. The standard InChI is InChI=1S/C27H44O2/c1-18(17-28)6-5-7-19(2)23-10-11-24-22-9-8-20-16-21(29)12-14-26(20,3)25(22)13-15-27(23,24)4/h8,17-19,21-25,29H,5-7,9-16H2,1-4H3/t18-,19-,21+,22+,23-,24+,25+,26+,27-/m1/s1. The second kappa shape index (κ2) is 8.13. The largest absolute Gasteiger partial charge is 0.393 e. The Kier molecular flexibility index (Phi) is 6.06. The van der Waals surface area contributed by atoms with Gasteiger partial charge in [-0.2, -0.15) is 0 Å². The van der Waals surface area contributed by atoms with E-state index in [9.17, 15) is 9.90 Å². The first-order valence-corrected chi connectivity index (χ1v) is 12.6. The van der Waals surface area contributed by atoms with Gasteiger partial charge in [-0.05, 0) is 98.2 Å². The SMILES string of the molecule is C[C@H](CCC[C@@H](C)C=O)[C@H]1CC[C@H]2[C@@H]3CC=C4C[C@@H](O)CC[C@]4(C)[C@H]3CC[C@]12C. The number of rotatable bonds is 6. The van der Waals surface area contributed by atoms with Gasteiger partial charge in [-0.15, -0.1) is 0 Å². The number of carbonyl (C=O) groups is 1. The van der Waals surface area contributed by atoms with Gasteiger partial charge in [0.05, 0.1) is 6.10 Å². The van der Waals surface area contributed by atoms with Crippen LogP contribution >= 0.6 is 0 Å². The summed E-state index contributed by atoms with van der Waals surface area (Å²) in [5.41, 5.74) is 2.47. The van der Waals surface area contributed by atoms with Crippen LogP contribution in [0.1, 0.15) is 98.3 Å². The predicted octanol–water partition coefficient (Wildman–Crippen LogP) is 6.57. The first-order valence-electron chi connectivity index (χ1n) is 12.6. The normalized spacial score (nSPS) is 46.1. The molecular formula is C27H44O2. The van der Waals surface area contributed by atoms with Crippen molar-refractivity contribution in [3.63, 3.8) is 0 Å². The fourth-order valence-corrected chi connectivity index (χ4v) is 8.65. The number of hydrogen-bond acceptors (Lipinski definition) is 2. The third-order valence-electron chi connectivity index (χ3n) is 10.4. The number of carbonyl (C=O) groups excluding carboxylic acids is 1. The lowest BCUT2D eigenvalue weighted by Gasteiger charge is -2.58. The number of allylic oxidation sites excluding steroid dienone is 1. The summed E-state index contributed by atoms with van der Waals surface area (Å²) in [5, 5.41) is 10.2. The molecule has 0 aliphatic heterocycles. The van der Waals surface area contributed by atoms with Crippen LogP contribution in [0.4, 0.5) is 0 Å². The molecule has 0 aromatic carbocycles. The van der Waals surface area contributed by atoms with E-state index in [-0.39, 0.29) is 12.0 Å². The number of hydrogen-bond donors (Lipinski definition) is 1. The van der Waals surface area contributed by atoms with Crippen LogP contribution in [0.15, 0.2) is 11.6 Å². The molecule has 4 rings (SSSR count). The number of fused-ring (bicyclic) bond motifs is 5. The Morgan fingerprint density at radius 2 is 1.90 bits per heavy atom. The van der Waals surface area contributed by atoms with Gasteiger partial charge < -0.3 is 9.90 Å². The van der Waals surface area contributed by atoms with Crippen molar-refractivity contribution in [3.05, 3.63) is 11.6 Å². The highest BCUT2D eigenvalue weighted by Gasteiger charge is 2.59. The molecule has 0 radical (unpaired) electrons.